The van der Waals surface area contributed by atoms with Crippen LogP contribution in [0.25, 0.3) is 0 Å². The fourth-order valence-corrected chi connectivity index (χ4v) is 2.22. The Morgan fingerprint density at radius 3 is 2.50 bits per heavy atom. The number of aromatic nitrogens is 2. The van der Waals surface area contributed by atoms with Gasteiger partial charge in [0.25, 0.3) is 0 Å². The van der Waals surface area contributed by atoms with Crippen molar-refractivity contribution < 1.29 is 0 Å². The topological polar surface area (TPSA) is 37.8 Å². The number of nitrogens with one attached hydrogen (secondary N) is 1. The maximum Gasteiger partial charge on any atom is 0.137 e. The van der Waals surface area contributed by atoms with Crippen molar-refractivity contribution in [1.82, 2.24) is 9.97 Å². The van der Waals surface area contributed by atoms with Crippen molar-refractivity contribution in [3.05, 3.63) is 17.0 Å². The minimum Gasteiger partial charge on any atom is -0.370 e. The lowest BCUT2D eigenvalue weighted by Gasteiger charge is -2.19. The quantitative estimate of drug-likeness (QED) is 0.715. The summed E-state index contributed by atoms with van der Waals surface area (Å²) in [5.41, 5.74) is -0.0896. The number of unbranched alkanes of at least 4 members (excludes halogenated alkanes) is 1. The molecule has 0 aromatic carbocycles. The standard InChI is InChI=1S/C16H28ClN3/c1-6-8-9-12(7-2)11-18-14-10-13(17)19-15(20-14)16(3,4)5/h10,12H,6-9,11H2,1-5H3,(H,18,19,20). The molecule has 0 aliphatic carbocycles. The normalized spacial score (nSPS) is 13.3. The summed E-state index contributed by atoms with van der Waals surface area (Å²) in [4.78, 5) is 8.90. The smallest absolute Gasteiger partial charge is 0.137 e. The fourth-order valence-electron chi connectivity index (χ4n) is 2.04. The van der Waals surface area contributed by atoms with Gasteiger partial charge in [-0.15, -0.1) is 0 Å². The van der Waals surface area contributed by atoms with Gasteiger partial charge in [0.1, 0.15) is 16.8 Å². The van der Waals surface area contributed by atoms with Crippen molar-refractivity contribution in [2.24, 2.45) is 5.92 Å². The first-order valence-electron chi connectivity index (χ1n) is 7.65. The van der Waals surface area contributed by atoms with Crippen LogP contribution < -0.4 is 5.32 Å². The first-order valence-corrected chi connectivity index (χ1v) is 8.03. The first kappa shape index (κ1) is 17.2. The number of rotatable bonds is 7. The van der Waals surface area contributed by atoms with Crippen LogP contribution in [0, 0.1) is 5.92 Å². The largest absolute Gasteiger partial charge is 0.370 e. The third-order valence-electron chi connectivity index (χ3n) is 3.48. The summed E-state index contributed by atoms with van der Waals surface area (Å²) >= 11 is 6.10. The Hall–Kier alpha value is -0.830. The Morgan fingerprint density at radius 2 is 1.95 bits per heavy atom. The molecule has 0 fully saturated rings. The molecule has 0 spiro atoms. The minimum atomic E-state index is -0.0896. The minimum absolute atomic E-state index is 0.0896. The third kappa shape index (κ3) is 5.66. The number of halogens is 1. The summed E-state index contributed by atoms with van der Waals surface area (Å²) in [6, 6.07) is 1.81. The summed E-state index contributed by atoms with van der Waals surface area (Å²) in [6.07, 6.45) is 5.00. The lowest BCUT2D eigenvalue weighted by molar-refractivity contribution is 0.471. The Morgan fingerprint density at radius 1 is 1.25 bits per heavy atom. The summed E-state index contributed by atoms with van der Waals surface area (Å²) < 4.78 is 0. The van der Waals surface area contributed by atoms with Gasteiger partial charge in [-0.2, -0.15) is 0 Å². The number of hydrogen-bond acceptors (Lipinski definition) is 3. The first-order chi connectivity index (χ1) is 9.36. The van der Waals surface area contributed by atoms with Crippen molar-refractivity contribution in [3.63, 3.8) is 0 Å². The molecule has 0 aliphatic heterocycles. The predicted molar refractivity (Wildman–Crippen MR) is 87.5 cm³/mol. The zero-order chi connectivity index (χ0) is 15.2. The van der Waals surface area contributed by atoms with E-state index in [9.17, 15) is 0 Å². The van der Waals surface area contributed by atoms with E-state index in [1.807, 2.05) is 6.07 Å². The van der Waals surface area contributed by atoms with Gasteiger partial charge in [0, 0.05) is 18.0 Å². The Bertz CT molecular complexity index is 413. The van der Waals surface area contributed by atoms with Gasteiger partial charge in [-0.1, -0.05) is 65.5 Å². The van der Waals surface area contributed by atoms with Gasteiger partial charge >= 0.3 is 0 Å². The highest BCUT2D eigenvalue weighted by atomic mass is 35.5. The van der Waals surface area contributed by atoms with Crippen LogP contribution in [0.1, 0.15) is 66.1 Å². The van der Waals surface area contributed by atoms with Crippen LogP contribution in [0.5, 0.6) is 0 Å². The molecule has 1 heterocycles. The maximum atomic E-state index is 6.10. The predicted octanol–water partition coefficient (Wildman–Crippen LogP) is 5.06. The van der Waals surface area contributed by atoms with Crippen LogP contribution in [0.4, 0.5) is 5.82 Å². The molecule has 0 bridgehead atoms. The molecule has 1 atom stereocenters. The number of anilines is 1. The molecule has 1 unspecified atom stereocenters. The van der Waals surface area contributed by atoms with Crippen LogP contribution in [0.3, 0.4) is 0 Å². The van der Waals surface area contributed by atoms with Gasteiger partial charge in [-0.05, 0) is 12.3 Å². The van der Waals surface area contributed by atoms with E-state index in [2.05, 4.69) is 49.9 Å². The summed E-state index contributed by atoms with van der Waals surface area (Å²) in [5, 5.41) is 3.93. The molecule has 4 heteroatoms. The Kier molecular flexibility index (Phi) is 6.74. The Balaban J connectivity index is 2.70. The molecule has 3 nitrogen and oxygen atoms in total. The van der Waals surface area contributed by atoms with Gasteiger partial charge in [-0.3, -0.25) is 0 Å². The average molecular weight is 298 g/mol. The molecule has 114 valence electrons. The zero-order valence-electron chi connectivity index (χ0n) is 13.5. The van der Waals surface area contributed by atoms with E-state index in [1.54, 1.807) is 0 Å². The van der Waals surface area contributed by atoms with Crippen molar-refractivity contribution in [1.29, 1.82) is 0 Å². The second kappa shape index (κ2) is 7.82. The van der Waals surface area contributed by atoms with Gasteiger partial charge in [0.15, 0.2) is 0 Å². The Labute approximate surface area is 128 Å². The van der Waals surface area contributed by atoms with Crippen LogP contribution in [-0.4, -0.2) is 16.5 Å². The van der Waals surface area contributed by atoms with E-state index in [-0.39, 0.29) is 5.41 Å². The second-order valence-corrected chi connectivity index (χ2v) is 6.83. The molecule has 20 heavy (non-hydrogen) atoms. The highest BCUT2D eigenvalue weighted by Crippen LogP contribution is 2.22. The molecule has 0 radical (unpaired) electrons. The summed E-state index contributed by atoms with van der Waals surface area (Å²) in [7, 11) is 0. The van der Waals surface area contributed by atoms with Crippen molar-refractivity contribution >= 4 is 17.4 Å². The zero-order valence-corrected chi connectivity index (χ0v) is 14.2. The number of hydrogen-bond donors (Lipinski definition) is 1. The van der Waals surface area contributed by atoms with E-state index in [0.717, 1.165) is 18.2 Å². The lowest BCUT2D eigenvalue weighted by Crippen LogP contribution is -2.19. The van der Waals surface area contributed by atoms with E-state index in [1.165, 1.54) is 25.7 Å². The van der Waals surface area contributed by atoms with E-state index < -0.39 is 0 Å². The van der Waals surface area contributed by atoms with Gasteiger partial charge in [0.05, 0.1) is 0 Å². The molecule has 1 aromatic rings. The van der Waals surface area contributed by atoms with E-state index >= 15 is 0 Å². The second-order valence-electron chi connectivity index (χ2n) is 6.45. The van der Waals surface area contributed by atoms with Crippen LogP contribution in [0.2, 0.25) is 5.15 Å². The highest BCUT2D eigenvalue weighted by Gasteiger charge is 2.19. The molecule has 0 amide bonds. The summed E-state index contributed by atoms with van der Waals surface area (Å²) in [5.74, 6) is 2.32. The fraction of sp³-hybridized carbons (Fsp3) is 0.750. The molecule has 0 saturated carbocycles. The molecule has 1 rings (SSSR count). The number of nitrogens with zero attached hydrogens (tertiary/aromatic N) is 2. The van der Waals surface area contributed by atoms with Gasteiger partial charge < -0.3 is 5.32 Å². The van der Waals surface area contributed by atoms with E-state index in [4.69, 9.17) is 11.6 Å². The van der Waals surface area contributed by atoms with Crippen molar-refractivity contribution in [2.45, 2.75) is 65.7 Å². The molecule has 0 aliphatic rings. The van der Waals surface area contributed by atoms with Crippen LogP contribution in [-0.2, 0) is 5.41 Å². The molecular weight excluding hydrogens is 270 g/mol. The molecule has 1 aromatic heterocycles. The van der Waals surface area contributed by atoms with Gasteiger partial charge in [0.2, 0.25) is 0 Å². The average Bonchev–Trinajstić information content (AvgIpc) is 2.37. The molecule has 0 saturated heterocycles. The van der Waals surface area contributed by atoms with Crippen molar-refractivity contribution in [3.8, 4) is 0 Å². The van der Waals surface area contributed by atoms with Crippen LogP contribution in [0.15, 0.2) is 6.07 Å². The third-order valence-corrected chi connectivity index (χ3v) is 3.67. The molecule has 1 N–H and O–H groups in total. The van der Waals surface area contributed by atoms with Crippen LogP contribution >= 0.6 is 11.6 Å². The summed E-state index contributed by atoms with van der Waals surface area (Å²) in [6.45, 7) is 11.7. The highest BCUT2D eigenvalue weighted by molar-refractivity contribution is 6.29. The SMILES string of the molecule is CCCCC(CC)CNc1cc(Cl)nc(C(C)(C)C)n1. The lowest BCUT2D eigenvalue weighted by atomic mass is 9.96. The van der Waals surface area contributed by atoms with E-state index in [0.29, 0.717) is 11.1 Å². The maximum absolute atomic E-state index is 6.10. The van der Waals surface area contributed by atoms with Gasteiger partial charge in [-0.25, -0.2) is 9.97 Å². The molecular formula is C16H28ClN3. The van der Waals surface area contributed by atoms with Crippen molar-refractivity contribution in [2.75, 3.05) is 11.9 Å². The monoisotopic (exact) mass is 297 g/mol.